The summed E-state index contributed by atoms with van der Waals surface area (Å²) in [5.41, 5.74) is 0. The van der Waals surface area contributed by atoms with E-state index in [1.165, 1.54) is 0 Å². The Bertz CT molecular complexity index is 230. The number of hydrogen-bond donors (Lipinski definition) is 0. The van der Waals surface area contributed by atoms with Crippen molar-refractivity contribution >= 4 is 91.3 Å². The number of halogens is 6. The normalized spacial score (nSPS) is 10.5. The topological polar surface area (TPSA) is 0 Å². The second-order valence-corrected chi connectivity index (χ2v) is 6.23. The lowest BCUT2D eigenvalue weighted by Crippen LogP contribution is -1.81. The van der Waals surface area contributed by atoms with Crippen molar-refractivity contribution in [3.8, 4) is 0 Å². The molecule has 66 valence electrons. The molecule has 0 radical (unpaired) electrons. The number of rotatable bonds is 0. The van der Waals surface area contributed by atoms with E-state index in [1.807, 2.05) is 0 Å². The van der Waals surface area contributed by atoms with E-state index in [1.54, 1.807) is 0 Å². The van der Waals surface area contributed by atoms with E-state index in [2.05, 4.69) is 79.6 Å². The van der Waals surface area contributed by atoms with Crippen LogP contribution in [-0.4, -0.2) is 0 Å². The van der Waals surface area contributed by atoms with Gasteiger partial charge in [0.2, 0.25) is 0 Å². The summed E-state index contributed by atoms with van der Waals surface area (Å²) >= 11 is 22.9. The van der Waals surface area contributed by atoms with Gasteiger partial charge in [-0.15, -0.1) is 0 Å². The summed E-state index contributed by atoms with van der Waals surface area (Å²) in [4.78, 5) is 0. The Morgan fingerprint density at radius 2 is 0.833 bits per heavy atom. The molecule has 0 unspecified atom stereocenters. The van der Waals surface area contributed by atoms with Crippen LogP contribution in [-0.2, 0) is 0 Å². The molecule has 12 heavy (non-hydrogen) atoms. The van der Waals surface area contributed by atoms with Gasteiger partial charge in [-0.3, -0.25) is 0 Å². The Balaban J connectivity index is 3.60. The van der Waals surface area contributed by atoms with Gasteiger partial charge in [0.15, 0.2) is 0 Å². The molecule has 1 aromatic carbocycles. The molecule has 0 bridgehead atoms. The monoisotopic (exact) mass is 502 g/mol. The van der Waals surface area contributed by atoms with E-state index in [4.69, 9.17) is 11.6 Å². The third kappa shape index (κ3) is 2.11. The van der Waals surface area contributed by atoms with Crippen molar-refractivity contribution in [2.75, 3.05) is 0 Å². The molecule has 0 fully saturated rings. The molecule has 0 heterocycles. The highest BCUT2D eigenvalue weighted by molar-refractivity contribution is 9.15. The van der Waals surface area contributed by atoms with Crippen molar-refractivity contribution in [3.05, 3.63) is 27.4 Å². The Hall–Kier alpha value is 1.91. The lowest BCUT2D eigenvalue weighted by atomic mass is 10.4. The van der Waals surface area contributed by atoms with Crippen molar-refractivity contribution in [2.45, 2.75) is 0 Å². The van der Waals surface area contributed by atoms with Gasteiger partial charge in [-0.1, -0.05) is 11.6 Å². The zero-order valence-electron chi connectivity index (χ0n) is 5.27. The fourth-order valence-electron chi connectivity index (χ4n) is 0.578. The van der Waals surface area contributed by atoms with Crippen molar-refractivity contribution in [1.29, 1.82) is 0 Å². The Morgan fingerprint density at radius 1 is 0.583 bits per heavy atom. The third-order valence-corrected chi connectivity index (χ3v) is 8.08. The molecule has 0 saturated heterocycles. The molecule has 0 atom stereocenters. The maximum absolute atomic E-state index is 5.99. The summed E-state index contributed by atoms with van der Waals surface area (Å²) in [5.74, 6) is 0. The number of hydrogen-bond acceptors (Lipinski definition) is 0. The SMILES string of the molecule is Clc1c(Br)c(Br)c(Br)c(Br)c1Br. The van der Waals surface area contributed by atoms with Gasteiger partial charge in [0.05, 0.1) is 14.0 Å². The molecule has 1 aromatic rings. The van der Waals surface area contributed by atoms with E-state index in [0.717, 1.165) is 22.4 Å². The average molecular weight is 507 g/mol. The fourth-order valence-corrected chi connectivity index (χ4v) is 4.04. The summed E-state index contributed by atoms with van der Waals surface area (Å²) in [6.07, 6.45) is 0. The molecule has 0 saturated carbocycles. The van der Waals surface area contributed by atoms with Crippen LogP contribution in [0.15, 0.2) is 22.4 Å². The van der Waals surface area contributed by atoms with Crippen LogP contribution < -0.4 is 0 Å². The minimum absolute atomic E-state index is 0.636. The highest BCUT2D eigenvalue weighted by Gasteiger charge is 2.15. The smallest absolute Gasteiger partial charge is 0.0713 e. The highest BCUT2D eigenvalue weighted by atomic mass is 79.9. The van der Waals surface area contributed by atoms with Crippen molar-refractivity contribution in [2.24, 2.45) is 0 Å². The molecule has 0 spiro atoms. The predicted octanol–water partition coefficient (Wildman–Crippen LogP) is 6.15. The van der Waals surface area contributed by atoms with Crippen LogP contribution >= 0.6 is 91.3 Å². The van der Waals surface area contributed by atoms with Gasteiger partial charge in [-0.25, -0.2) is 0 Å². The van der Waals surface area contributed by atoms with Crippen LogP contribution in [0.4, 0.5) is 0 Å². The maximum Gasteiger partial charge on any atom is 0.0713 e. The van der Waals surface area contributed by atoms with E-state index in [-0.39, 0.29) is 0 Å². The molecule has 0 aliphatic carbocycles. The van der Waals surface area contributed by atoms with Gasteiger partial charge in [-0.05, 0) is 79.6 Å². The predicted molar refractivity (Wildman–Crippen MR) is 70.0 cm³/mol. The van der Waals surface area contributed by atoms with Crippen molar-refractivity contribution in [3.63, 3.8) is 0 Å². The largest absolute Gasteiger partial charge is 0.0818 e. The molecular formula is C6Br5Cl. The van der Waals surface area contributed by atoms with E-state index in [0.29, 0.717) is 5.02 Å². The van der Waals surface area contributed by atoms with E-state index < -0.39 is 0 Å². The molecule has 0 aromatic heterocycles. The molecule has 0 amide bonds. The van der Waals surface area contributed by atoms with Gasteiger partial charge < -0.3 is 0 Å². The molecule has 0 N–H and O–H groups in total. The van der Waals surface area contributed by atoms with E-state index in [9.17, 15) is 0 Å². The Labute approximate surface area is 117 Å². The standard InChI is InChI=1S/C6Br5Cl/c7-1-2(8)4(10)6(12)5(11)3(1)9. The van der Waals surface area contributed by atoms with Gasteiger partial charge >= 0.3 is 0 Å². The fraction of sp³-hybridized carbons (Fsp3) is 0. The second-order valence-electron chi connectivity index (χ2n) is 1.88. The molecule has 6 heteroatoms. The molecule has 0 aliphatic heterocycles. The quantitative estimate of drug-likeness (QED) is 0.292. The van der Waals surface area contributed by atoms with E-state index >= 15 is 0 Å². The van der Waals surface area contributed by atoms with Gasteiger partial charge in [0.1, 0.15) is 0 Å². The van der Waals surface area contributed by atoms with Crippen LogP contribution in [0.25, 0.3) is 0 Å². The lowest BCUT2D eigenvalue weighted by Gasteiger charge is -2.07. The van der Waals surface area contributed by atoms with Gasteiger partial charge in [0.25, 0.3) is 0 Å². The van der Waals surface area contributed by atoms with Gasteiger partial charge in [0, 0.05) is 13.4 Å². The first-order valence-corrected chi connectivity index (χ1v) is 6.98. The van der Waals surface area contributed by atoms with Crippen LogP contribution in [0.2, 0.25) is 5.02 Å². The van der Waals surface area contributed by atoms with Crippen LogP contribution in [0.1, 0.15) is 0 Å². The maximum atomic E-state index is 5.99. The first-order valence-electron chi connectivity index (χ1n) is 2.63. The van der Waals surface area contributed by atoms with Gasteiger partial charge in [-0.2, -0.15) is 0 Å². The summed E-state index contributed by atoms with van der Waals surface area (Å²) in [6.45, 7) is 0. The van der Waals surface area contributed by atoms with Crippen LogP contribution in [0.3, 0.4) is 0 Å². The minimum atomic E-state index is 0.636. The van der Waals surface area contributed by atoms with Crippen molar-refractivity contribution < 1.29 is 0 Å². The molecule has 0 aliphatic rings. The zero-order chi connectivity index (χ0) is 9.46. The summed E-state index contributed by atoms with van der Waals surface area (Å²) in [6, 6.07) is 0. The highest BCUT2D eigenvalue weighted by Crippen LogP contribution is 2.46. The van der Waals surface area contributed by atoms with Crippen LogP contribution in [0, 0.1) is 0 Å². The minimum Gasteiger partial charge on any atom is -0.0818 e. The number of benzene rings is 1. The molecule has 0 nitrogen and oxygen atoms in total. The zero-order valence-corrected chi connectivity index (χ0v) is 14.0. The first kappa shape index (κ1) is 12.0. The molecule has 1 rings (SSSR count). The lowest BCUT2D eigenvalue weighted by molar-refractivity contribution is 1.46. The van der Waals surface area contributed by atoms with Crippen LogP contribution in [0.5, 0.6) is 0 Å². The Kier molecular flexibility index (Phi) is 4.61. The second kappa shape index (κ2) is 4.62. The first-order chi connectivity index (χ1) is 5.46. The molecular weight excluding hydrogens is 507 g/mol. The van der Waals surface area contributed by atoms with Crippen molar-refractivity contribution in [1.82, 2.24) is 0 Å². The average Bonchev–Trinajstić information content (AvgIpc) is 2.08. The summed E-state index contributed by atoms with van der Waals surface area (Å²) in [7, 11) is 0. The Morgan fingerprint density at radius 3 is 1.17 bits per heavy atom. The summed E-state index contributed by atoms with van der Waals surface area (Å²) < 4.78 is 4.35. The third-order valence-electron chi connectivity index (χ3n) is 1.16. The summed E-state index contributed by atoms with van der Waals surface area (Å²) in [5, 5.41) is 0.636.